The maximum atomic E-state index is 11.6. The fourth-order valence-corrected chi connectivity index (χ4v) is 4.17. The number of rotatable bonds is 7. The molecule has 3 rings (SSSR count). The molecular weight excluding hydrogens is 336 g/mol. The van der Waals surface area contributed by atoms with Gasteiger partial charge < -0.3 is 10.2 Å². The Labute approximate surface area is 153 Å². The molecule has 2 heterocycles. The predicted molar refractivity (Wildman–Crippen MR) is 101 cm³/mol. The third kappa shape index (κ3) is 4.46. The van der Waals surface area contributed by atoms with Gasteiger partial charge in [0.05, 0.1) is 12.2 Å². The molecule has 3 amide bonds. The number of thioether (sulfide) groups is 1. The van der Waals surface area contributed by atoms with Gasteiger partial charge >= 0.3 is 6.03 Å². The Morgan fingerprint density at radius 3 is 2.52 bits per heavy atom. The topological polar surface area (TPSA) is 55.9 Å². The van der Waals surface area contributed by atoms with Crippen molar-refractivity contribution in [2.75, 3.05) is 56.5 Å². The van der Waals surface area contributed by atoms with Crippen molar-refractivity contribution in [1.82, 2.24) is 15.1 Å². The Hall–Kier alpha value is -1.73. The summed E-state index contributed by atoms with van der Waals surface area (Å²) in [6, 6.07) is 8.38. The van der Waals surface area contributed by atoms with Gasteiger partial charge in [-0.3, -0.25) is 14.6 Å². The summed E-state index contributed by atoms with van der Waals surface area (Å²) in [6.45, 7) is 7.85. The molecule has 0 bridgehead atoms. The number of benzene rings is 1. The van der Waals surface area contributed by atoms with Crippen molar-refractivity contribution in [3.63, 3.8) is 0 Å². The zero-order valence-electron chi connectivity index (χ0n) is 14.7. The lowest BCUT2D eigenvalue weighted by Crippen LogP contribution is -2.47. The predicted octanol–water partition coefficient (Wildman–Crippen LogP) is 1.86. The summed E-state index contributed by atoms with van der Waals surface area (Å²) < 4.78 is 0. The first-order chi connectivity index (χ1) is 12.2. The molecule has 2 saturated heterocycles. The average Bonchev–Trinajstić information content (AvgIpc) is 2.95. The quantitative estimate of drug-likeness (QED) is 0.593. The van der Waals surface area contributed by atoms with Crippen molar-refractivity contribution in [3.8, 4) is 0 Å². The van der Waals surface area contributed by atoms with E-state index in [4.69, 9.17) is 0 Å². The molecule has 136 valence electrons. The summed E-state index contributed by atoms with van der Waals surface area (Å²) in [5, 5.41) is 2.56. The number of nitrogens with one attached hydrogen (secondary N) is 1. The molecule has 0 aromatic heterocycles. The van der Waals surface area contributed by atoms with E-state index in [2.05, 4.69) is 46.3 Å². The first-order valence-corrected chi connectivity index (χ1v) is 9.95. The van der Waals surface area contributed by atoms with Crippen molar-refractivity contribution in [2.45, 2.75) is 18.2 Å². The van der Waals surface area contributed by atoms with Crippen molar-refractivity contribution in [3.05, 3.63) is 24.3 Å². The fraction of sp³-hybridized carbons (Fsp3) is 0.556. The third-order valence-corrected chi connectivity index (χ3v) is 5.62. The second-order valence-electron chi connectivity index (χ2n) is 6.29. The molecule has 1 aromatic rings. The van der Waals surface area contributed by atoms with Crippen LogP contribution >= 0.6 is 11.8 Å². The minimum atomic E-state index is -0.250. The fourth-order valence-electron chi connectivity index (χ4n) is 3.34. The molecule has 1 N–H and O–H groups in total. The molecule has 6 nitrogen and oxygen atoms in total. The van der Waals surface area contributed by atoms with Crippen LogP contribution in [0.4, 0.5) is 10.5 Å². The zero-order chi connectivity index (χ0) is 17.6. The molecule has 0 saturated carbocycles. The van der Waals surface area contributed by atoms with Crippen molar-refractivity contribution >= 4 is 29.4 Å². The second-order valence-corrected chi connectivity index (χ2v) is 7.59. The molecule has 0 spiro atoms. The van der Waals surface area contributed by atoms with Crippen LogP contribution in [-0.2, 0) is 4.79 Å². The lowest BCUT2D eigenvalue weighted by molar-refractivity contribution is -0.125. The van der Waals surface area contributed by atoms with Gasteiger partial charge in [0.2, 0.25) is 5.91 Å². The maximum absolute atomic E-state index is 11.6. The monoisotopic (exact) mass is 362 g/mol. The number of hydrogen-bond donors (Lipinski definition) is 1. The smallest absolute Gasteiger partial charge is 0.324 e. The summed E-state index contributed by atoms with van der Waals surface area (Å²) in [7, 11) is 0. The van der Waals surface area contributed by atoms with E-state index in [9.17, 15) is 9.59 Å². The van der Waals surface area contributed by atoms with Crippen LogP contribution in [0.15, 0.2) is 29.2 Å². The molecule has 25 heavy (non-hydrogen) atoms. The van der Waals surface area contributed by atoms with Gasteiger partial charge in [0, 0.05) is 37.6 Å². The van der Waals surface area contributed by atoms with E-state index in [0.29, 0.717) is 6.54 Å². The molecule has 1 aromatic carbocycles. The van der Waals surface area contributed by atoms with Crippen LogP contribution in [0.25, 0.3) is 0 Å². The third-order valence-electron chi connectivity index (χ3n) is 4.67. The highest BCUT2D eigenvalue weighted by Gasteiger charge is 2.28. The molecular formula is C18H26N4O2S. The standard InChI is InChI=1S/C18H26N4O2S/c1-2-25-16-7-4-3-6-15(16)21-12-10-20(11-13-21)8-5-9-22-17(23)14-19-18(22)24/h3-4,6-7H,2,5,8-14H2,1H3,(H,19,24). The van der Waals surface area contributed by atoms with E-state index >= 15 is 0 Å². The van der Waals surface area contributed by atoms with Crippen LogP contribution < -0.4 is 10.2 Å². The van der Waals surface area contributed by atoms with Gasteiger partial charge in [-0.1, -0.05) is 19.1 Å². The summed E-state index contributed by atoms with van der Waals surface area (Å²) >= 11 is 1.89. The number of nitrogens with zero attached hydrogens (tertiary/aromatic N) is 3. The number of hydrogen-bond acceptors (Lipinski definition) is 5. The normalized spacial score (nSPS) is 18.8. The number of piperazine rings is 1. The zero-order valence-corrected chi connectivity index (χ0v) is 15.6. The van der Waals surface area contributed by atoms with Crippen molar-refractivity contribution < 1.29 is 9.59 Å². The number of urea groups is 1. The number of carbonyl (C=O) groups is 2. The number of carbonyl (C=O) groups excluding carboxylic acids is 2. The summed E-state index contributed by atoms with van der Waals surface area (Å²) in [5.41, 5.74) is 1.34. The van der Waals surface area contributed by atoms with Crippen LogP contribution in [0.1, 0.15) is 13.3 Å². The Morgan fingerprint density at radius 1 is 1.08 bits per heavy atom. The van der Waals surface area contributed by atoms with Crippen molar-refractivity contribution in [1.29, 1.82) is 0 Å². The van der Waals surface area contributed by atoms with E-state index in [-0.39, 0.29) is 18.5 Å². The first kappa shape index (κ1) is 18.1. The number of imide groups is 1. The van der Waals surface area contributed by atoms with Crippen LogP contribution in [-0.4, -0.2) is 73.3 Å². The summed E-state index contributed by atoms with van der Waals surface area (Å²) in [6.07, 6.45) is 0.835. The van der Waals surface area contributed by atoms with E-state index < -0.39 is 0 Å². The highest BCUT2D eigenvalue weighted by atomic mass is 32.2. The second kappa shape index (κ2) is 8.58. The van der Waals surface area contributed by atoms with Gasteiger partial charge in [-0.05, 0) is 30.9 Å². The van der Waals surface area contributed by atoms with E-state index in [1.54, 1.807) is 0 Å². The number of anilines is 1. The Morgan fingerprint density at radius 2 is 1.84 bits per heavy atom. The van der Waals surface area contributed by atoms with Crippen LogP contribution in [0, 0.1) is 0 Å². The van der Waals surface area contributed by atoms with E-state index in [1.807, 2.05) is 11.8 Å². The molecule has 2 fully saturated rings. The molecule has 0 unspecified atom stereocenters. The Balaban J connectivity index is 1.44. The number of para-hydroxylation sites is 1. The Kier molecular flexibility index (Phi) is 6.20. The van der Waals surface area contributed by atoms with Gasteiger partial charge in [-0.15, -0.1) is 11.8 Å². The summed E-state index contributed by atoms with van der Waals surface area (Å²) in [4.78, 5) is 30.7. The van der Waals surface area contributed by atoms with Gasteiger partial charge in [-0.2, -0.15) is 0 Å². The largest absolute Gasteiger partial charge is 0.368 e. The highest BCUT2D eigenvalue weighted by molar-refractivity contribution is 7.99. The number of amides is 3. The first-order valence-electron chi connectivity index (χ1n) is 8.96. The van der Waals surface area contributed by atoms with Gasteiger partial charge in [0.1, 0.15) is 0 Å². The maximum Gasteiger partial charge on any atom is 0.324 e. The van der Waals surface area contributed by atoms with Gasteiger partial charge in [0.15, 0.2) is 0 Å². The Bertz CT molecular complexity index is 601. The molecule has 7 heteroatoms. The van der Waals surface area contributed by atoms with Crippen molar-refractivity contribution in [2.24, 2.45) is 0 Å². The molecule has 2 aliphatic rings. The molecule has 0 atom stereocenters. The van der Waals surface area contributed by atoms with Crippen LogP contribution in [0.2, 0.25) is 0 Å². The average molecular weight is 362 g/mol. The lowest BCUT2D eigenvalue weighted by atomic mass is 10.2. The minimum absolute atomic E-state index is 0.111. The van der Waals surface area contributed by atoms with E-state index in [1.165, 1.54) is 15.5 Å². The van der Waals surface area contributed by atoms with Gasteiger partial charge in [-0.25, -0.2) is 4.79 Å². The minimum Gasteiger partial charge on any atom is -0.368 e. The van der Waals surface area contributed by atoms with Crippen LogP contribution in [0.5, 0.6) is 0 Å². The highest BCUT2D eigenvalue weighted by Crippen LogP contribution is 2.30. The van der Waals surface area contributed by atoms with Gasteiger partial charge in [0.25, 0.3) is 0 Å². The molecule has 0 aliphatic carbocycles. The molecule has 2 aliphatic heterocycles. The molecule has 0 radical (unpaired) electrons. The summed E-state index contributed by atoms with van der Waals surface area (Å²) in [5.74, 6) is 0.972. The lowest BCUT2D eigenvalue weighted by Gasteiger charge is -2.37. The van der Waals surface area contributed by atoms with Crippen LogP contribution in [0.3, 0.4) is 0 Å². The van der Waals surface area contributed by atoms with E-state index in [0.717, 1.165) is 44.9 Å². The SMILES string of the molecule is CCSc1ccccc1N1CCN(CCCN2C(=O)CNC2=O)CC1.